The fourth-order valence-corrected chi connectivity index (χ4v) is 3.42. The van der Waals surface area contributed by atoms with Crippen LogP contribution in [0.15, 0.2) is 47.5 Å². The molecule has 2 heterocycles. The fourth-order valence-electron chi connectivity index (χ4n) is 2.50. The predicted octanol–water partition coefficient (Wildman–Crippen LogP) is 2.38. The number of rotatable bonds is 6. The van der Waals surface area contributed by atoms with E-state index in [0.29, 0.717) is 11.9 Å². The van der Waals surface area contributed by atoms with Crippen LogP contribution < -0.4 is 10.9 Å². The van der Waals surface area contributed by atoms with E-state index in [4.69, 9.17) is 0 Å². The summed E-state index contributed by atoms with van der Waals surface area (Å²) in [6, 6.07) is 11.8. The van der Waals surface area contributed by atoms with Gasteiger partial charge in [0.25, 0.3) is 5.56 Å². The molecule has 0 aliphatic heterocycles. The van der Waals surface area contributed by atoms with Crippen LogP contribution in [0.5, 0.6) is 0 Å². The number of fused-ring (bicyclic) bond motifs is 1. The lowest BCUT2D eigenvalue weighted by Crippen LogP contribution is -2.33. The number of aromatic nitrogens is 2. The van der Waals surface area contributed by atoms with Gasteiger partial charge < -0.3 is 5.32 Å². The molecule has 0 atom stereocenters. The molecule has 0 aliphatic carbocycles. The van der Waals surface area contributed by atoms with Gasteiger partial charge >= 0.3 is 0 Å². The summed E-state index contributed by atoms with van der Waals surface area (Å²) >= 11 is 1.53. The third-order valence-corrected chi connectivity index (χ3v) is 5.00. The topological polar surface area (TPSA) is 64.0 Å². The van der Waals surface area contributed by atoms with Crippen LogP contribution in [0.1, 0.15) is 17.4 Å². The quantitative estimate of drug-likeness (QED) is 0.749. The summed E-state index contributed by atoms with van der Waals surface area (Å²) in [4.78, 5) is 30.6. The highest BCUT2D eigenvalue weighted by Crippen LogP contribution is 2.20. The first-order valence-electron chi connectivity index (χ1n) is 7.96. The van der Waals surface area contributed by atoms with Crippen molar-refractivity contribution in [3.63, 3.8) is 0 Å². The maximum atomic E-state index is 12.4. The van der Waals surface area contributed by atoms with Gasteiger partial charge in [0, 0.05) is 11.4 Å². The monoisotopic (exact) mass is 341 g/mol. The molecule has 0 saturated carbocycles. The number of benzene rings is 1. The van der Waals surface area contributed by atoms with Crippen molar-refractivity contribution < 1.29 is 4.79 Å². The van der Waals surface area contributed by atoms with E-state index < -0.39 is 0 Å². The Morgan fingerprint density at radius 2 is 2.08 bits per heavy atom. The smallest absolute Gasteiger partial charge is 0.262 e. The summed E-state index contributed by atoms with van der Waals surface area (Å²) in [6.45, 7) is 2.59. The third kappa shape index (κ3) is 3.71. The molecule has 0 aliphatic rings. The molecular formula is C18H19N3O2S. The molecule has 6 heteroatoms. The van der Waals surface area contributed by atoms with Gasteiger partial charge in [0.2, 0.25) is 5.91 Å². The first-order valence-corrected chi connectivity index (χ1v) is 8.77. The lowest BCUT2D eigenvalue weighted by atomic mass is 10.1. The summed E-state index contributed by atoms with van der Waals surface area (Å²) in [7, 11) is 0. The van der Waals surface area contributed by atoms with Crippen molar-refractivity contribution >= 4 is 27.5 Å². The molecule has 1 amide bonds. The van der Waals surface area contributed by atoms with E-state index in [-0.39, 0.29) is 18.0 Å². The number of hydrogen-bond donors (Lipinski definition) is 1. The molecule has 1 N–H and O–H groups in total. The maximum absolute atomic E-state index is 12.4. The van der Waals surface area contributed by atoms with Crippen molar-refractivity contribution in [2.75, 3.05) is 6.54 Å². The zero-order chi connectivity index (χ0) is 16.9. The van der Waals surface area contributed by atoms with Gasteiger partial charge in [-0.05, 0) is 24.5 Å². The summed E-state index contributed by atoms with van der Waals surface area (Å²) < 4.78 is 1.37. The second-order valence-electron chi connectivity index (χ2n) is 5.55. The molecule has 0 fully saturated rings. The van der Waals surface area contributed by atoms with E-state index in [2.05, 4.69) is 10.3 Å². The minimum Gasteiger partial charge on any atom is -0.354 e. The molecule has 2 aromatic heterocycles. The average Bonchev–Trinajstić information content (AvgIpc) is 3.03. The Labute approximate surface area is 144 Å². The third-order valence-electron chi connectivity index (χ3n) is 3.81. The van der Waals surface area contributed by atoms with Gasteiger partial charge in [-0.15, -0.1) is 11.3 Å². The minimum atomic E-state index is -0.180. The first-order chi connectivity index (χ1) is 11.7. The average molecular weight is 341 g/mol. The van der Waals surface area contributed by atoms with Crippen LogP contribution in [0.25, 0.3) is 10.2 Å². The Bertz CT molecular complexity index is 900. The highest BCUT2D eigenvalue weighted by atomic mass is 32.1. The van der Waals surface area contributed by atoms with E-state index in [0.717, 1.165) is 22.5 Å². The molecule has 0 saturated heterocycles. The molecule has 3 aromatic rings. The van der Waals surface area contributed by atoms with Crippen LogP contribution in [-0.2, 0) is 24.2 Å². The van der Waals surface area contributed by atoms with Gasteiger partial charge in [0.05, 0.1) is 11.7 Å². The van der Waals surface area contributed by atoms with Crippen LogP contribution >= 0.6 is 11.3 Å². The van der Waals surface area contributed by atoms with Crippen LogP contribution in [0.3, 0.4) is 0 Å². The van der Waals surface area contributed by atoms with Gasteiger partial charge in [-0.2, -0.15) is 0 Å². The first kappa shape index (κ1) is 16.4. The molecule has 5 nitrogen and oxygen atoms in total. The number of nitrogens with zero attached hydrogens (tertiary/aromatic N) is 2. The lowest BCUT2D eigenvalue weighted by Gasteiger charge is -2.07. The maximum Gasteiger partial charge on any atom is 0.262 e. The summed E-state index contributed by atoms with van der Waals surface area (Å²) in [6.07, 6.45) is 3.10. The Balaban J connectivity index is 1.63. The van der Waals surface area contributed by atoms with Gasteiger partial charge in [-0.1, -0.05) is 37.3 Å². The fraction of sp³-hybridized carbons (Fsp3) is 0.278. The largest absolute Gasteiger partial charge is 0.354 e. The zero-order valence-electron chi connectivity index (χ0n) is 13.5. The second-order valence-corrected chi connectivity index (χ2v) is 6.66. The minimum absolute atomic E-state index is 0.00608. The highest BCUT2D eigenvalue weighted by molar-refractivity contribution is 7.18. The van der Waals surface area contributed by atoms with E-state index in [9.17, 15) is 9.59 Å². The van der Waals surface area contributed by atoms with E-state index in [1.54, 1.807) is 0 Å². The number of carbonyl (C=O) groups is 1. The standard InChI is InChI=1S/C18H19N3O2S/c1-2-14-10-15-17(24-14)20-12-21(18(15)23)11-16(22)19-9-8-13-6-4-3-5-7-13/h3-7,10,12H,2,8-9,11H2,1H3,(H,19,22). The second kappa shape index (κ2) is 7.40. The molecule has 0 bridgehead atoms. The molecule has 1 aromatic carbocycles. The van der Waals surface area contributed by atoms with Crippen molar-refractivity contribution in [2.24, 2.45) is 0 Å². The van der Waals surface area contributed by atoms with Crippen molar-refractivity contribution in [1.82, 2.24) is 14.9 Å². The molecule has 124 valence electrons. The molecule has 0 unspecified atom stereocenters. The molecule has 0 spiro atoms. The molecule has 0 radical (unpaired) electrons. The summed E-state index contributed by atoms with van der Waals surface area (Å²) in [5.41, 5.74) is 1.01. The van der Waals surface area contributed by atoms with Crippen molar-refractivity contribution in [2.45, 2.75) is 26.3 Å². The number of nitrogens with one attached hydrogen (secondary N) is 1. The normalized spacial score (nSPS) is 10.9. The molecular weight excluding hydrogens is 322 g/mol. The van der Waals surface area contributed by atoms with Crippen LogP contribution in [0.4, 0.5) is 0 Å². The highest BCUT2D eigenvalue weighted by Gasteiger charge is 2.10. The lowest BCUT2D eigenvalue weighted by molar-refractivity contribution is -0.121. The van der Waals surface area contributed by atoms with Gasteiger partial charge in [0.1, 0.15) is 11.4 Å². The Morgan fingerprint density at radius 3 is 2.83 bits per heavy atom. The number of thiophene rings is 1. The number of amides is 1. The van der Waals surface area contributed by atoms with Crippen LogP contribution in [-0.4, -0.2) is 22.0 Å². The zero-order valence-corrected chi connectivity index (χ0v) is 14.3. The Morgan fingerprint density at radius 1 is 1.29 bits per heavy atom. The Kier molecular flexibility index (Phi) is 5.05. The van der Waals surface area contributed by atoms with Gasteiger partial charge in [0.15, 0.2) is 0 Å². The predicted molar refractivity (Wildman–Crippen MR) is 96.4 cm³/mol. The number of carbonyl (C=O) groups excluding carboxylic acids is 1. The number of aryl methyl sites for hydroxylation is 1. The van der Waals surface area contributed by atoms with Crippen molar-refractivity contribution in [3.8, 4) is 0 Å². The summed E-state index contributed by atoms with van der Waals surface area (Å²) in [5, 5.41) is 3.44. The van der Waals surface area contributed by atoms with Crippen molar-refractivity contribution in [1.29, 1.82) is 0 Å². The van der Waals surface area contributed by atoms with Crippen LogP contribution in [0, 0.1) is 0 Å². The van der Waals surface area contributed by atoms with Gasteiger partial charge in [-0.3, -0.25) is 14.2 Å². The van der Waals surface area contributed by atoms with Gasteiger partial charge in [-0.25, -0.2) is 4.98 Å². The molecule has 3 rings (SSSR count). The molecule has 24 heavy (non-hydrogen) atoms. The van der Waals surface area contributed by atoms with E-state index in [1.165, 1.54) is 27.8 Å². The number of hydrogen-bond acceptors (Lipinski definition) is 4. The van der Waals surface area contributed by atoms with Crippen LogP contribution in [0.2, 0.25) is 0 Å². The van der Waals surface area contributed by atoms with E-state index in [1.807, 2.05) is 43.3 Å². The summed E-state index contributed by atoms with van der Waals surface area (Å²) in [5.74, 6) is -0.180. The van der Waals surface area contributed by atoms with E-state index >= 15 is 0 Å². The SMILES string of the molecule is CCc1cc2c(=O)n(CC(=O)NCCc3ccccc3)cnc2s1. The Hall–Kier alpha value is -2.47. The van der Waals surface area contributed by atoms with Crippen molar-refractivity contribution in [3.05, 3.63) is 63.5 Å².